The third-order valence-electron chi connectivity index (χ3n) is 0. The molecule has 1 radical (unpaired) electrons. The predicted molar refractivity (Wildman–Crippen MR) is 5.97 cm³/mol. The summed E-state index contributed by atoms with van der Waals surface area (Å²) in [4.78, 5) is 0. The van der Waals surface area contributed by atoms with Crippen LogP contribution in [0.15, 0.2) is 0 Å². The Bertz CT molecular complexity index is 10.8. The molecule has 0 saturated heterocycles. The van der Waals surface area contributed by atoms with Crippen LogP contribution in [0.4, 0.5) is 0 Å². The van der Waals surface area contributed by atoms with Crippen LogP contribution >= 0.6 is 0 Å². The SMILES string of the molecule is NO.[Cl-].[Cl-].[Cl-].[Nd+3]. The molecular weight excluding hydrogens is 281 g/mol. The van der Waals surface area contributed by atoms with Gasteiger partial charge in [0.25, 0.3) is 0 Å². The number of nitrogens with two attached hydrogens (primary N) is 1. The summed E-state index contributed by atoms with van der Waals surface area (Å²) in [6.07, 6.45) is 0. The molecule has 6 heteroatoms. The zero-order valence-corrected chi connectivity index (χ0v) is 8.13. The van der Waals surface area contributed by atoms with Crippen LogP contribution in [0.25, 0.3) is 0 Å². The van der Waals surface area contributed by atoms with Crippen molar-refractivity contribution in [1.82, 2.24) is 0 Å². The zero-order chi connectivity index (χ0) is 2.00. The summed E-state index contributed by atoms with van der Waals surface area (Å²) in [5, 5.41) is 6.50. The second kappa shape index (κ2) is 58.8. The van der Waals surface area contributed by atoms with Crippen molar-refractivity contribution in [2.45, 2.75) is 0 Å². The maximum absolute atomic E-state index is 6.50. The van der Waals surface area contributed by atoms with Crippen molar-refractivity contribution in [2.75, 3.05) is 0 Å². The second-order valence-corrected chi connectivity index (χ2v) is 0. The monoisotopic (exact) mass is 280 g/mol. The minimum atomic E-state index is 0. The van der Waals surface area contributed by atoms with Crippen LogP contribution in [-0.4, -0.2) is 5.21 Å². The molecule has 2 nitrogen and oxygen atoms in total. The third kappa shape index (κ3) is 35.4. The van der Waals surface area contributed by atoms with E-state index in [9.17, 15) is 0 Å². The quantitative estimate of drug-likeness (QED) is 0.434. The van der Waals surface area contributed by atoms with Gasteiger partial charge in [0.1, 0.15) is 0 Å². The van der Waals surface area contributed by atoms with Crippen molar-refractivity contribution in [2.24, 2.45) is 5.90 Å². The fourth-order valence-electron chi connectivity index (χ4n) is 0. The Morgan fingerprint density at radius 2 is 0.833 bits per heavy atom. The Labute approximate surface area is 88.0 Å². The van der Waals surface area contributed by atoms with E-state index in [0.29, 0.717) is 0 Å². The van der Waals surface area contributed by atoms with E-state index in [1.54, 1.807) is 0 Å². The van der Waals surface area contributed by atoms with Gasteiger partial charge < -0.3 is 42.4 Å². The van der Waals surface area contributed by atoms with E-state index in [4.69, 9.17) is 5.21 Å². The molecule has 0 spiro atoms. The fraction of sp³-hybridized carbons (Fsp3) is 0. The van der Waals surface area contributed by atoms with E-state index in [1.165, 1.54) is 0 Å². The van der Waals surface area contributed by atoms with Crippen LogP contribution in [0.1, 0.15) is 0 Å². The third-order valence-corrected chi connectivity index (χ3v) is 0. The van der Waals surface area contributed by atoms with Crippen LogP contribution in [0.5, 0.6) is 0 Å². The van der Waals surface area contributed by atoms with E-state index in [-0.39, 0.29) is 78.1 Å². The van der Waals surface area contributed by atoms with Gasteiger partial charge in [0.15, 0.2) is 0 Å². The van der Waals surface area contributed by atoms with Crippen LogP contribution in [-0.2, 0) is 0 Å². The Morgan fingerprint density at radius 1 is 0.833 bits per heavy atom. The molecule has 0 fully saturated rings. The Morgan fingerprint density at radius 3 is 0.833 bits per heavy atom. The summed E-state index contributed by atoms with van der Waals surface area (Å²) in [6.45, 7) is 0. The molecular formula is H3Cl3NNdO. The van der Waals surface area contributed by atoms with Crippen molar-refractivity contribution in [3.63, 3.8) is 0 Å². The van der Waals surface area contributed by atoms with E-state index in [1.807, 2.05) is 0 Å². The van der Waals surface area contributed by atoms with E-state index < -0.39 is 0 Å². The summed E-state index contributed by atoms with van der Waals surface area (Å²) < 4.78 is 0. The first-order valence-electron chi connectivity index (χ1n) is 0.258. The van der Waals surface area contributed by atoms with Crippen LogP contribution in [0.2, 0.25) is 0 Å². The van der Waals surface area contributed by atoms with Gasteiger partial charge in [-0.05, 0) is 0 Å². The van der Waals surface area contributed by atoms with Crippen molar-refractivity contribution >= 4 is 0 Å². The number of rotatable bonds is 0. The molecule has 0 unspecified atom stereocenters. The van der Waals surface area contributed by atoms with Crippen LogP contribution in [0.3, 0.4) is 0 Å². The Kier molecular flexibility index (Phi) is 412. The van der Waals surface area contributed by atoms with E-state index >= 15 is 0 Å². The minimum Gasteiger partial charge on any atom is -1.00 e. The van der Waals surface area contributed by atoms with Crippen molar-refractivity contribution in [1.29, 1.82) is 0 Å². The largest absolute Gasteiger partial charge is 3.00 e. The maximum atomic E-state index is 6.50. The van der Waals surface area contributed by atoms with Gasteiger partial charge >= 0.3 is 40.8 Å². The molecule has 0 aliphatic carbocycles. The molecule has 3 N–H and O–H groups in total. The zero-order valence-electron chi connectivity index (χ0n) is 2.66. The van der Waals surface area contributed by atoms with Gasteiger partial charge in [-0.1, -0.05) is 0 Å². The predicted octanol–water partition coefficient (Wildman–Crippen LogP) is -9.65. The molecule has 0 aromatic carbocycles. The molecule has 0 heterocycles. The maximum Gasteiger partial charge on any atom is 3.00 e. The molecule has 0 amide bonds. The molecule has 0 saturated carbocycles. The molecule has 0 bridgehead atoms. The normalized spacial score (nSPS) is 1.00. The molecule has 0 aromatic heterocycles. The summed E-state index contributed by atoms with van der Waals surface area (Å²) in [6, 6.07) is 0. The fourth-order valence-corrected chi connectivity index (χ4v) is 0. The summed E-state index contributed by atoms with van der Waals surface area (Å²) in [7, 11) is 0. The standard InChI is InChI=1S/3ClH.H3NO.Nd/c;;;1-2;/h3*1H;2H,1H2;/q;;;;+3/p-3. The molecule has 0 atom stereocenters. The number of hydrogen-bond donors (Lipinski definition) is 2. The van der Waals surface area contributed by atoms with Gasteiger partial charge in [0.05, 0.1) is 0 Å². The van der Waals surface area contributed by atoms with Gasteiger partial charge in [-0.15, -0.1) is 0 Å². The molecule has 39 valence electrons. The van der Waals surface area contributed by atoms with Crippen LogP contribution in [0, 0.1) is 40.8 Å². The summed E-state index contributed by atoms with van der Waals surface area (Å²) in [5.41, 5.74) is 0. The minimum absolute atomic E-state index is 0. The molecule has 0 rings (SSSR count). The topological polar surface area (TPSA) is 46.2 Å². The summed E-state index contributed by atoms with van der Waals surface area (Å²) >= 11 is 0. The Balaban J connectivity index is -0.000000000833. The molecule has 0 aromatic rings. The van der Waals surface area contributed by atoms with Gasteiger partial charge in [-0.3, -0.25) is 0 Å². The number of hydrogen-bond acceptors (Lipinski definition) is 2. The van der Waals surface area contributed by atoms with E-state index in [2.05, 4.69) is 5.90 Å². The average molecular weight is 284 g/mol. The number of halogens is 3. The summed E-state index contributed by atoms with van der Waals surface area (Å²) in [5.74, 6) is 3.50. The molecule has 0 aliphatic rings. The van der Waals surface area contributed by atoms with Gasteiger partial charge in [-0.25, -0.2) is 5.90 Å². The average Bonchev–Trinajstić information content (AvgIpc) is 1.00. The molecule has 6 heavy (non-hydrogen) atoms. The van der Waals surface area contributed by atoms with Crippen molar-refractivity contribution < 1.29 is 83.3 Å². The molecule has 0 aliphatic heterocycles. The smallest absolute Gasteiger partial charge is 1.00 e. The van der Waals surface area contributed by atoms with Gasteiger partial charge in [-0.2, -0.15) is 0 Å². The second-order valence-electron chi connectivity index (χ2n) is 0. The van der Waals surface area contributed by atoms with Crippen molar-refractivity contribution in [3.8, 4) is 0 Å². The first kappa shape index (κ1) is 42.1. The van der Waals surface area contributed by atoms with Crippen LogP contribution < -0.4 is 43.1 Å². The van der Waals surface area contributed by atoms with E-state index in [0.717, 1.165) is 0 Å². The first-order chi connectivity index (χ1) is 1.00. The van der Waals surface area contributed by atoms with Crippen molar-refractivity contribution in [3.05, 3.63) is 0 Å². The van der Waals surface area contributed by atoms with Gasteiger partial charge in [0, 0.05) is 0 Å². The van der Waals surface area contributed by atoms with Gasteiger partial charge in [0.2, 0.25) is 0 Å². The Hall–Kier alpha value is 2.14. The first-order valence-corrected chi connectivity index (χ1v) is 0.258.